The minimum absolute atomic E-state index is 0.0159. The molecule has 0 aliphatic carbocycles. The molecule has 0 aliphatic heterocycles. The van der Waals surface area contributed by atoms with Crippen molar-refractivity contribution in [3.05, 3.63) is 109 Å². The zero-order valence-corrected chi connectivity index (χ0v) is 35.4. The summed E-state index contributed by atoms with van der Waals surface area (Å²) in [7, 11) is -4.45. The van der Waals surface area contributed by atoms with Crippen LogP contribution in [0.25, 0.3) is 0 Å². The maximum atomic E-state index is 12.1. The van der Waals surface area contributed by atoms with E-state index in [1.54, 1.807) is 6.08 Å². The van der Waals surface area contributed by atoms with Crippen molar-refractivity contribution in [1.82, 2.24) is 5.32 Å². The monoisotopic (exact) mass is 800 g/mol. The quantitative estimate of drug-likeness (QED) is 0.0245. The molecule has 56 heavy (non-hydrogen) atoms. The summed E-state index contributed by atoms with van der Waals surface area (Å²) in [4.78, 5) is 33.8. The number of carbonyl (C=O) groups is 2. The fraction of sp³-hybridized carbons (Fsp3) is 0.565. The van der Waals surface area contributed by atoms with Gasteiger partial charge in [0.15, 0.2) is 0 Å². The average molecular weight is 800 g/mol. The standard InChI is InChI=1S/C46H74NO8P/c1-3-5-7-9-11-13-15-17-19-20-21-22-23-24-25-26-28-30-32-34-36-38-45(49)47-40-41-54-56(51,52)55-43-44(48)42-53-46(50)39-37-35-33-31-29-27-18-16-14-12-10-8-6-4-2/h5,7,10-13,16-19,21-22,24-25,28,30,34,36,44,48H,3-4,6,8-9,14-15,20,23,26-27,29,31-33,35,37-43H2,1-2H3,(H,47,49)(H,51,52)/b7-5-,12-10-,13-11-,18-16-,19-17-,22-21-,25-24-,30-28-,36-34-. The third kappa shape index (κ3) is 41.8. The molecule has 0 saturated heterocycles. The van der Waals surface area contributed by atoms with E-state index in [-0.39, 0.29) is 38.5 Å². The molecule has 0 bridgehead atoms. The van der Waals surface area contributed by atoms with Crippen molar-refractivity contribution in [1.29, 1.82) is 0 Å². The average Bonchev–Trinajstić information content (AvgIpc) is 3.18. The van der Waals surface area contributed by atoms with Crippen LogP contribution in [0.5, 0.6) is 0 Å². The molecule has 0 aromatic heterocycles. The highest BCUT2D eigenvalue weighted by atomic mass is 31.2. The summed E-state index contributed by atoms with van der Waals surface area (Å²) >= 11 is 0. The maximum absolute atomic E-state index is 12.1. The third-order valence-electron chi connectivity index (χ3n) is 7.97. The van der Waals surface area contributed by atoms with E-state index in [4.69, 9.17) is 13.8 Å². The van der Waals surface area contributed by atoms with E-state index in [0.29, 0.717) is 12.8 Å². The molecular formula is C46H74NO8P. The highest BCUT2D eigenvalue weighted by molar-refractivity contribution is 7.47. The zero-order valence-electron chi connectivity index (χ0n) is 34.5. The van der Waals surface area contributed by atoms with E-state index in [9.17, 15) is 24.2 Å². The van der Waals surface area contributed by atoms with Gasteiger partial charge in [-0.15, -0.1) is 0 Å². The second-order valence-corrected chi connectivity index (χ2v) is 14.7. The van der Waals surface area contributed by atoms with Gasteiger partial charge in [-0.1, -0.05) is 155 Å². The topological polar surface area (TPSA) is 131 Å². The molecule has 10 heteroatoms. The number of amides is 1. The number of phosphoric ester groups is 1. The number of allylic oxidation sites excluding steroid dienone is 17. The van der Waals surface area contributed by atoms with Crippen LogP contribution < -0.4 is 5.32 Å². The molecule has 2 atom stereocenters. The number of hydrogen-bond acceptors (Lipinski definition) is 7. The smallest absolute Gasteiger partial charge is 0.463 e. The summed E-state index contributed by atoms with van der Waals surface area (Å²) in [5.41, 5.74) is 0. The van der Waals surface area contributed by atoms with Crippen molar-refractivity contribution in [2.75, 3.05) is 26.4 Å². The van der Waals surface area contributed by atoms with E-state index in [2.05, 4.69) is 110 Å². The van der Waals surface area contributed by atoms with Crippen molar-refractivity contribution in [3.63, 3.8) is 0 Å². The summed E-state index contributed by atoms with van der Waals surface area (Å²) in [5.74, 6) is -0.676. The van der Waals surface area contributed by atoms with Crippen molar-refractivity contribution in [2.45, 2.75) is 142 Å². The lowest BCUT2D eigenvalue weighted by Crippen LogP contribution is -2.26. The molecule has 9 nitrogen and oxygen atoms in total. The number of unbranched alkanes of at least 4 members (excludes halogenated alkanes) is 7. The number of esters is 1. The minimum atomic E-state index is -4.45. The Balaban J connectivity index is 3.79. The van der Waals surface area contributed by atoms with E-state index in [1.807, 2.05) is 12.2 Å². The lowest BCUT2D eigenvalue weighted by Gasteiger charge is -2.15. The van der Waals surface area contributed by atoms with Gasteiger partial charge in [-0.05, 0) is 77.0 Å². The van der Waals surface area contributed by atoms with E-state index in [1.165, 1.54) is 12.8 Å². The van der Waals surface area contributed by atoms with Gasteiger partial charge in [-0.3, -0.25) is 18.6 Å². The number of aliphatic hydroxyl groups is 1. The minimum Gasteiger partial charge on any atom is -0.463 e. The van der Waals surface area contributed by atoms with Gasteiger partial charge >= 0.3 is 13.8 Å². The van der Waals surface area contributed by atoms with Crippen LogP contribution in [0.15, 0.2) is 109 Å². The molecule has 0 saturated carbocycles. The number of ether oxygens (including phenoxy) is 1. The Bertz CT molecular complexity index is 1280. The van der Waals surface area contributed by atoms with Crippen molar-refractivity contribution < 1.29 is 37.9 Å². The van der Waals surface area contributed by atoms with Crippen molar-refractivity contribution in [2.24, 2.45) is 0 Å². The molecule has 1 amide bonds. The predicted octanol–water partition coefficient (Wildman–Crippen LogP) is 11.6. The Labute approximate surface area is 339 Å². The number of hydrogen-bond donors (Lipinski definition) is 3. The summed E-state index contributed by atoms with van der Waals surface area (Å²) in [5, 5.41) is 12.6. The van der Waals surface area contributed by atoms with Crippen LogP contribution >= 0.6 is 7.82 Å². The normalized spacial score (nSPS) is 14.4. The molecule has 0 aromatic rings. The van der Waals surface area contributed by atoms with Crippen LogP contribution in [0, 0.1) is 0 Å². The lowest BCUT2D eigenvalue weighted by molar-refractivity contribution is -0.147. The first-order valence-electron chi connectivity index (χ1n) is 20.9. The molecule has 0 radical (unpaired) electrons. The second kappa shape index (κ2) is 41.3. The van der Waals surface area contributed by atoms with Gasteiger partial charge in [0.1, 0.15) is 12.7 Å². The van der Waals surface area contributed by atoms with Crippen molar-refractivity contribution >= 4 is 19.7 Å². The molecule has 0 aromatic carbocycles. The van der Waals surface area contributed by atoms with Crippen LogP contribution in [0.4, 0.5) is 0 Å². The molecule has 316 valence electrons. The van der Waals surface area contributed by atoms with Gasteiger partial charge in [0, 0.05) is 19.4 Å². The van der Waals surface area contributed by atoms with E-state index in [0.717, 1.165) is 83.5 Å². The third-order valence-corrected chi connectivity index (χ3v) is 8.95. The van der Waals surface area contributed by atoms with Gasteiger partial charge in [0.2, 0.25) is 5.91 Å². The summed E-state index contributed by atoms with van der Waals surface area (Å²) in [6.07, 6.45) is 54.7. The van der Waals surface area contributed by atoms with Crippen LogP contribution in [0.3, 0.4) is 0 Å². The molecule has 3 N–H and O–H groups in total. The van der Waals surface area contributed by atoms with Gasteiger partial charge in [0.25, 0.3) is 0 Å². The number of phosphoric acid groups is 1. The van der Waals surface area contributed by atoms with Gasteiger partial charge < -0.3 is 20.1 Å². The Morgan fingerprint density at radius 1 is 0.589 bits per heavy atom. The number of nitrogens with one attached hydrogen (secondary N) is 1. The molecule has 0 spiro atoms. The fourth-order valence-electron chi connectivity index (χ4n) is 4.82. The number of rotatable bonds is 37. The highest BCUT2D eigenvalue weighted by Crippen LogP contribution is 2.42. The molecule has 2 unspecified atom stereocenters. The first-order chi connectivity index (χ1) is 27.3. The molecular weight excluding hydrogens is 725 g/mol. The maximum Gasteiger partial charge on any atom is 0.472 e. The summed E-state index contributed by atoms with van der Waals surface area (Å²) in [6.45, 7) is 3.22. The number of carbonyl (C=O) groups excluding carboxylic acids is 2. The second-order valence-electron chi connectivity index (χ2n) is 13.2. The predicted molar refractivity (Wildman–Crippen MR) is 233 cm³/mol. The fourth-order valence-corrected chi connectivity index (χ4v) is 5.58. The van der Waals surface area contributed by atoms with Gasteiger partial charge in [-0.2, -0.15) is 0 Å². The molecule has 0 fully saturated rings. The van der Waals surface area contributed by atoms with Crippen LogP contribution in [0.1, 0.15) is 136 Å². The molecule has 0 heterocycles. The van der Waals surface area contributed by atoms with Crippen molar-refractivity contribution in [3.8, 4) is 0 Å². The molecule has 0 rings (SSSR count). The lowest BCUT2D eigenvalue weighted by atomic mass is 10.1. The molecule has 0 aliphatic rings. The van der Waals surface area contributed by atoms with Gasteiger partial charge in [-0.25, -0.2) is 4.57 Å². The van der Waals surface area contributed by atoms with Crippen LogP contribution in [-0.4, -0.2) is 54.3 Å². The largest absolute Gasteiger partial charge is 0.472 e. The Morgan fingerprint density at radius 3 is 1.59 bits per heavy atom. The summed E-state index contributed by atoms with van der Waals surface area (Å²) < 4.78 is 26.8. The zero-order chi connectivity index (χ0) is 41.1. The van der Waals surface area contributed by atoms with E-state index < -0.39 is 26.5 Å². The Kier molecular flexibility index (Phi) is 38.9. The number of aliphatic hydroxyl groups excluding tert-OH is 1. The Hall–Kier alpha value is -3.33. The van der Waals surface area contributed by atoms with Crippen LogP contribution in [0.2, 0.25) is 0 Å². The summed E-state index contributed by atoms with van der Waals surface area (Å²) in [6, 6.07) is 0. The first kappa shape index (κ1) is 52.7. The SMILES string of the molecule is CC/C=C\C/C=C\C/C=C\C/C=C\C/C=C\C/C=C\C/C=C\CC(=O)NCCOP(=O)(O)OCC(O)COC(=O)CCCCCCC/C=C\C/C=C\CCCC. The Morgan fingerprint density at radius 2 is 1.05 bits per heavy atom. The van der Waals surface area contributed by atoms with Gasteiger partial charge in [0.05, 0.1) is 13.2 Å². The highest BCUT2D eigenvalue weighted by Gasteiger charge is 2.23. The first-order valence-corrected chi connectivity index (χ1v) is 22.4. The van der Waals surface area contributed by atoms with Crippen LogP contribution in [-0.2, 0) is 27.9 Å². The van der Waals surface area contributed by atoms with E-state index >= 15 is 0 Å².